The third-order valence-electron chi connectivity index (χ3n) is 5.56. The molecular formula is C27H23N5O2. The van der Waals surface area contributed by atoms with E-state index in [2.05, 4.69) is 15.3 Å². The highest BCUT2D eigenvalue weighted by Crippen LogP contribution is 2.34. The minimum atomic E-state index is -0.128. The SMILES string of the molecule is COc1ccc(CNC(=O)Cn2cc(-c3ccnc4ccccc34)c(-c3ccccn3)n2)cc1. The molecule has 0 bridgehead atoms. The van der Waals surface area contributed by atoms with Crippen molar-refractivity contribution < 1.29 is 9.53 Å². The van der Waals surface area contributed by atoms with Crippen LogP contribution >= 0.6 is 0 Å². The van der Waals surface area contributed by atoms with Crippen molar-refractivity contribution in [2.24, 2.45) is 0 Å². The fourth-order valence-electron chi connectivity index (χ4n) is 3.87. The van der Waals surface area contributed by atoms with Gasteiger partial charge in [-0.1, -0.05) is 36.4 Å². The maximum Gasteiger partial charge on any atom is 0.241 e. The molecule has 0 spiro atoms. The van der Waals surface area contributed by atoms with E-state index in [1.165, 1.54) is 0 Å². The number of hydrogen-bond donors (Lipinski definition) is 1. The van der Waals surface area contributed by atoms with Crippen LogP contribution in [0, 0.1) is 0 Å². The number of nitrogens with zero attached hydrogens (tertiary/aromatic N) is 4. The number of carbonyl (C=O) groups is 1. The van der Waals surface area contributed by atoms with Gasteiger partial charge in [0.2, 0.25) is 5.91 Å². The van der Waals surface area contributed by atoms with E-state index in [4.69, 9.17) is 9.84 Å². The number of rotatable bonds is 7. The molecule has 1 N–H and O–H groups in total. The largest absolute Gasteiger partial charge is 0.497 e. The molecule has 0 saturated heterocycles. The zero-order valence-electron chi connectivity index (χ0n) is 18.7. The molecule has 5 rings (SSSR count). The van der Waals surface area contributed by atoms with Gasteiger partial charge in [-0.15, -0.1) is 0 Å². The van der Waals surface area contributed by atoms with Crippen LogP contribution < -0.4 is 10.1 Å². The monoisotopic (exact) mass is 449 g/mol. The summed E-state index contributed by atoms with van der Waals surface area (Å²) in [6.45, 7) is 0.526. The van der Waals surface area contributed by atoms with Gasteiger partial charge in [0.15, 0.2) is 0 Å². The first-order valence-corrected chi connectivity index (χ1v) is 10.9. The highest BCUT2D eigenvalue weighted by Gasteiger charge is 2.17. The molecule has 0 aliphatic carbocycles. The highest BCUT2D eigenvalue weighted by atomic mass is 16.5. The molecule has 0 aliphatic rings. The molecule has 0 atom stereocenters. The molecule has 0 radical (unpaired) electrons. The molecule has 3 aromatic heterocycles. The van der Waals surface area contributed by atoms with Gasteiger partial charge in [-0.3, -0.25) is 19.4 Å². The third kappa shape index (κ3) is 4.49. The average Bonchev–Trinajstić information content (AvgIpc) is 3.31. The number of pyridine rings is 2. The molecule has 0 saturated carbocycles. The van der Waals surface area contributed by atoms with E-state index in [1.54, 1.807) is 24.2 Å². The van der Waals surface area contributed by atoms with E-state index in [9.17, 15) is 4.79 Å². The van der Waals surface area contributed by atoms with Gasteiger partial charge in [-0.05, 0) is 47.5 Å². The zero-order chi connectivity index (χ0) is 23.3. The summed E-state index contributed by atoms with van der Waals surface area (Å²) in [5, 5.41) is 8.71. The van der Waals surface area contributed by atoms with E-state index < -0.39 is 0 Å². The minimum Gasteiger partial charge on any atom is -0.497 e. The van der Waals surface area contributed by atoms with Crippen LogP contribution in [0.25, 0.3) is 33.4 Å². The van der Waals surface area contributed by atoms with Crippen molar-refractivity contribution in [2.45, 2.75) is 13.1 Å². The Morgan fingerprint density at radius 2 is 1.74 bits per heavy atom. The van der Waals surface area contributed by atoms with Gasteiger partial charge in [-0.25, -0.2) is 0 Å². The second kappa shape index (κ2) is 9.54. The van der Waals surface area contributed by atoms with Crippen molar-refractivity contribution in [3.8, 4) is 28.3 Å². The van der Waals surface area contributed by atoms with Crippen molar-refractivity contribution >= 4 is 16.8 Å². The van der Waals surface area contributed by atoms with Gasteiger partial charge < -0.3 is 10.1 Å². The lowest BCUT2D eigenvalue weighted by molar-refractivity contribution is -0.122. The Kier molecular flexibility index (Phi) is 5.99. The molecule has 0 unspecified atom stereocenters. The standard InChI is InChI=1S/C27H23N5O2/c1-34-20-11-9-19(10-12-20)16-30-26(33)18-32-17-23(27(31-32)25-8-4-5-14-28-25)21-13-15-29-24-7-3-2-6-22(21)24/h2-15,17H,16,18H2,1H3,(H,30,33). The predicted molar refractivity (Wildman–Crippen MR) is 131 cm³/mol. The molecule has 34 heavy (non-hydrogen) atoms. The van der Waals surface area contributed by atoms with Gasteiger partial charge in [0.05, 0.1) is 18.3 Å². The summed E-state index contributed by atoms with van der Waals surface area (Å²) < 4.78 is 6.84. The molecule has 5 aromatic rings. The Morgan fingerprint density at radius 1 is 0.912 bits per heavy atom. The van der Waals surface area contributed by atoms with Gasteiger partial charge >= 0.3 is 0 Å². The summed E-state index contributed by atoms with van der Waals surface area (Å²) in [7, 11) is 1.63. The summed E-state index contributed by atoms with van der Waals surface area (Å²) in [6.07, 6.45) is 5.43. The molecular weight excluding hydrogens is 426 g/mol. The number of hydrogen-bond acceptors (Lipinski definition) is 5. The van der Waals surface area contributed by atoms with Crippen LogP contribution in [0.15, 0.2) is 91.4 Å². The normalized spacial score (nSPS) is 10.9. The topological polar surface area (TPSA) is 81.9 Å². The smallest absolute Gasteiger partial charge is 0.241 e. The maximum absolute atomic E-state index is 12.7. The lowest BCUT2D eigenvalue weighted by Crippen LogP contribution is -2.27. The Balaban J connectivity index is 1.43. The highest BCUT2D eigenvalue weighted by molar-refractivity contribution is 5.97. The van der Waals surface area contributed by atoms with Crippen molar-refractivity contribution in [2.75, 3.05) is 7.11 Å². The Hall–Kier alpha value is -4.52. The summed E-state index contributed by atoms with van der Waals surface area (Å²) in [5.74, 6) is 0.654. The summed E-state index contributed by atoms with van der Waals surface area (Å²) in [4.78, 5) is 21.7. The van der Waals surface area contributed by atoms with Gasteiger partial charge in [0, 0.05) is 36.1 Å². The fourth-order valence-corrected chi connectivity index (χ4v) is 3.87. The van der Waals surface area contributed by atoms with Gasteiger partial charge in [0.25, 0.3) is 0 Å². The molecule has 0 fully saturated rings. The quantitative estimate of drug-likeness (QED) is 0.396. The number of nitrogens with one attached hydrogen (secondary N) is 1. The number of methoxy groups -OCH3 is 1. The Morgan fingerprint density at radius 3 is 2.53 bits per heavy atom. The Labute approximate surface area is 197 Å². The van der Waals surface area contributed by atoms with E-state index in [0.717, 1.165) is 44.7 Å². The minimum absolute atomic E-state index is 0.0962. The second-order valence-electron chi connectivity index (χ2n) is 7.80. The third-order valence-corrected chi connectivity index (χ3v) is 5.56. The average molecular weight is 450 g/mol. The first kappa shape index (κ1) is 21.3. The van der Waals surface area contributed by atoms with Crippen LogP contribution in [-0.2, 0) is 17.9 Å². The van der Waals surface area contributed by atoms with Crippen LogP contribution in [0.1, 0.15) is 5.56 Å². The van der Waals surface area contributed by atoms with Crippen LogP contribution in [-0.4, -0.2) is 32.8 Å². The van der Waals surface area contributed by atoms with Gasteiger partial charge in [-0.2, -0.15) is 5.10 Å². The molecule has 7 nitrogen and oxygen atoms in total. The van der Waals surface area contributed by atoms with Crippen LogP contribution in [0.3, 0.4) is 0 Å². The van der Waals surface area contributed by atoms with E-state index in [1.807, 2.05) is 79.0 Å². The molecule has 1 amide bonds. The maximum atomic E-state index is 12.7. The summed E-state index contributed by atoms with van der Waals surface area (Å²) in [6, 6.07) is 23.3. The van der Waals surface area contributed by atoms with Crippen molar-refractivity contribution in [1.82, 2.24) is 25.1 Å². The number of amides is 1. The number of para-hydroxylation sites is 1. The van der Waals surface area contributed by atoms with E-state index in [0.29, 0.717) is 6.54 Å². The Bertz CT molecular complexity index is 1420. The molecule has 3 heterocycles. The molecule has 2 aromatic carbocycles. The van der Waals surface area contributed by atoms with E-state index >= 15 is 0 Å². The number of carbonyl (C=O) groups excluding carboxylic acids is 1. The number of fused-ring (bicyclic) bond motifs is 1. The predicted octanol–water partition coefficient (Wildman–Crippen LogP) is 4.49. The summed E-state index contributed by atoms with van der Waals surface area (Å²) in [5.41, 5.74) is 5.26. The fraction of sp³-hybridized carbons (Fsp3) is 0.111. The first-order valence-electron chi connectivity index (χ1n) is 10.9. The van der Waals surface area contributed by atoms with Crippen LogP contribution in [0.2, 0.25) is 0 Å². The molecule has 0 aliphatic heterocycles. The van der Waals surface area contributed by atoms with E-state index in [-0.39, 0.29) is 12.5 Å². The summed E-state index contributed by atoms with van der Waals surface area (Å²) >= 11 is 0. The van der Waals surface area contributed by atoms with Crippen molar-refractivity contribution in [3.05, 3.63) is 97.0 Å². The van der Waals surface area contributed by atoms with Crippen LogP contribution in [0.5, 0.6) is 5.75 Å². The number of ether oxygens (including phenoxy) is 1. The van der Waals surface area contributed by atoms with Crippen molar-refractivity contribution in [3.63, 3.8) is 0 Å². The second-order valence-corrected chi connectivity index (χ2v) is 7.80. The van der Waals surface area contributed by atoms with Gasteiger partial charge in [0.1, 0.15) is 18.0 Å². The number of benzene rings is 2. The molecule has 168 valence electrons. The lowest BCUT2D eigenvalue weighted by atomic mass is 10.0. The van der Waals surface area contributed by atoms with Crippen molar-refractivity contribution in [1.29, 1.82) is 0 Å². The van der Waals surface area contributed by atoms with Crippen LogP contribution in [0.4, 0.5) is 0 Å². The molecule has 7 heteroatoms. The zero-order valence-corrected chi connectivity index (χ0v) is 18.7. The first-order chi connectivity index (χ1) is 16.7. The lowest BCUT2D eigenvalue weighted by Gasteiger charge is -2.06. The number of aromatic nitrogens is 4.